The van der Waals surface area contributed by atoms with Crippen LogP contribution in [0, 0.1) is 12.8 Å². The van der Waals surface area contributed by atoms with Crippen LogP contribution in [0.2, 0.25) is 0 Å². The molecule has 1 aromatic heterocycles. The zero-order valence-corrected chi connectivity index (χ0v) is 8.61. The van der Waals surface area contributed by atoms with E-state index in [9.17, 15) is 0 Å². The summed E-state index contributed by atoms with van der Waals surface area (Å²) in [4.78, 5) is 4.20. The second-order valence-electron chi connectivity index (χ2n) is 3.26. The van der Waals surface area contributed by atoms with Gasteiger partial charge in [-0.25, -0.2) is 4.98 Å². The quantitative estimate of drug-likeness (QED) is 0.782. The summed E-state index contributed by atoms with van der Waals surface area (Å²) in [5, 5.41) is 4.18. The van der Waals surface area contributed by atoms with Crippen LogP contribution in [-0.2, 0) is 0 Å². The number of hydrogen-bond acceptors (Lipinski definition) is 4. The molecule has 3 nitrogen and oxygen atoms in total. The largest absolute Gasteiger partial charge is 0.360 e. The molecular formula is C8H15N3S. The van der Waals surface area contributed by atoms with Gasteiger partial charge in [-0.1, -0.05) is 13.8 Å². The minimum atomic E-state index is 0.742. The third kappa shape index (κ3) is 3.17. The van der Waals surface area contributed by atoms with E-state index in [-0.39, 0.29) is 0 Å². The summed E-state index contributed by atoms with van der Waals surface area (Å²) in [7, 11) is 0. The van der Waals surface area contributed by atoms with Gasteiger partial charge in [-0.3, -0.25) is 0 Å². The Labute approximate surface area is 77.4 Å². The standard InChI is InChI=1S/C8H15N3S/c1-6(2)4-5-9-8-10-7(3)11-12-8/h6H,4-5H2,1-3H3,(H,9,10,11). The van der Waals surface area contributed by atoms with Gasteiger partial charge < -0.3 is 5.32 Å². The summed E-state index contributed by atoms with van der Waals surface area (Å²) >= 11 is 1.43. The van der Waals surface area contributed by atoms with E-state index < -0.39 is 0 Å². The molecule has 4 heteroatoms. The molecule has 0 fully saturated rings. The van der Waals surface area contributed by atoms with E-state index in [0.717, 1.165) is 23.4 Å². The van der Waals surface area contributed by atoms with Gasteiger partial charge in [0.15, 0.2) is 0 Å². The third-order valence-corrected chi connectivity index (χ3v) is 2.29. The van der Waals surface area contributed by atoms with E-state index in [2.05, 4.69) is 28.5 Å². The number of anilines is 1. The van der Waals surface area contributed by atoms with Gasteiger partial charge in [0.1, 0.15) is 5.82 Å². The molecule has 0 bridgehead atoms. The highest BCUT2D eigenvalue weighted by Crippen LogP contribution is 2.10. The Balaban J connectivity index is 2.24. The summed E-state index contributed by atoms with van der Waals surface area (Å²) in [5.74, 6) is 1.60. The van der Waals surface area contributed by atoms with Gasteiger partial charge in [0.2, 0.25) is 5.13 Å². The van der Waals surface area contributed by atoms with Crippen molar-refractivity contribution in [2.75, 3.05) is 11.9 Å². The average molecular weight is 185 g/mol. The van der Waals surface area contributed by atoms with Gasteiger partial charge in [-0.05, 0) is 19.3 Å². The maximum absolute atomic E-state index is 4.20. The van der Waals surface area contributed by atoms with E-state index in [4.69, 9.17) is 0 Å². The summed E-state index contributed by atoms with van der Waals surface area (Å²) in [6, 6.07) is 0. The number of rotatable bonds is 4. The molecule has 0 spiro atoms. The van der Waals surface area contributed by atoms with Crippen LogP contribution in [0.25, 0.3) is 0 Å². The van der Waals surface area contributed by atoms with Gasteiger partial charge in [0.25, 0.3) is 0 Å². The second kappa shape index (κ2) is 4.40. The van der Waals surface area contributed by atoms with Crippen LogP contribution >= 0.6 is 11.5 Å². The molecule has 0 unspecified atom stereocenters. The zero-order valence-electron chi connectivity index (χ0n) is 7.79. The lowest BCUT2D eigenvalue weighted by molar-refractivity contribution is 0.607. The number of aryl methyl sites for hydroxylation is 1. The topological polar surface area (TPSA) is 37.8 Å². The van der Waals surface area contributed by atoms with Crippen molar-refractivity contribution in [1.29, 1.82) is 0 Å². The van der Waals surface area contributed by atoms with Crippen molar-refractivity contribution in [2.24, 2.45) is 5.92 Å². The van der Waals surface area contributed by atoms with Gasteiger partial charge in [0.05, 0.1) is 0 Å². The fraction of sp³-hybridized carbons (Fsp3) is 0.750. The molecule has 0 aliphatic heterocycles. The number of aromatic nitrogens is 2. The van der Waals surface area contributed by atoms with Crippen molar-refractivity contribution in [3.05, 3.63) is 5.82 Å². The van der Waals surface area contributed by atoms with Crippen molar-refractivity contribution in [2.45, 2.75) is 27.2 Å². The predicted octanol–water partition coefficient (Wildman–Crippen LogP) is 2.30. The normalized spacial score (nSPS) is 10.7. The molecular weight excluding hydrogens is 170 g/mol. The van der Waals surface area contributed by atoms with Crippen LogP contribution in [0.1, 0.15) is 26.1 Å². The van der Waals surface area contributed by atoms with Crippen molar-refractivity contribution in [3.8, 4) is 0 Å². The van der Waals surface area contributed by atoms with Crippen LogP contribution in [0.3, 0.4) is 0 Å². The van der Waals surface area contributed by atoms with Crippen LogP contribution in [0.4, 0.5) is 5.13 Å². The smallest absolute Gasteiger partial charge is 0.202 e. The number of hydrogen-bond donors (Lipinski definition) is 1. The molecule has 0 aliphatic rings. The Hall–Kier alpha value is -0.640. The molecule has 12 heavy (non-hydrogen) atoms. The van der Waals surface area contributed by atoms with Crippen molar-refractivity contribution in [1.82, 2.24) is 9.36 Å². The molecule has 1 aromatic rings. The third-order valence-electron chi connectivity index (χ3n) is 1.53. The summed E-state index contributed by atoms with van der Waals surface area (Å²) in [5.41, 5.74) is 0. The van der Waals surface area contributed by atoms with Crippen molar-refractivity contribution < 1.29 is 0 Å². The fourth-order valence-electron chi connectivity index (χ4n) is 0.837. The molecule has 1 heterocycles. The van der Waals surface area contributed by atoms with Crippen molar-refractivity contribution >= 4 is 16.7 Å². The molecule has 0 radical (unpaired) electrons. The van der Waals surface area contributed by atoms with Crippen LogP contribution < -0.4 is 5.32 Å². The predicted molar refractivity (Wildman–Crippen MR) is 52.6 cm³/mol. The highest BCUT2D eigenvalue weighted by atomic mass is 32.1. The molecule has 1 rings (SSSR count). The molecule has 0 amide bonds. The van der Waals surface area contributed by atoms with Gasteiger partial charge in [-0.2, -0.15) is 4.37 Å². The minimum absolute atomic E-state index is 0.742. The monoisotopic (exact) mass is 185 g/mol. The zero-order chi connectivity index (χ0) is 8.97. The van der Waals surface area contributed by atoms with E-state index in [1.54, 1.807) is 0 Å². The summed E-state index contributed by atoms with van der Waals surface area (Å²) in [6.45, 7) is 7.33. The maximum Gasteiger partial charge on any atom is 0.202 e. The second-order valence-corrected chi connectivity index (χ2v) is 4.01. The molecule has 0 saturated heterocycles. The Bertz CT molecular complexity index is 232. The Kier molecular flexibility index (Phi) is 3.47. The lowest BCUT2D eigenvalue weighted by Gasteiger charge is -2.03. The van der Waals surface area contributed by atoms with Crippen LogP contribution in [0.15, 0.2) is 0 Å². The SMILES string of the molecule is Cc1nsc(NCCC(C)C)n1. The van der Waals surface area contributed by atoms with E-state index in [1.165, 1.54) is 18.0 Å². The molecule has 0 aromatic carbocycles. The molecule has 0 atom stereocenters. The highest BCUT2D eigenvalue weighted by molar-refractivity contribution is 7.09. The fourth-order valence-corrected chi connectivity index (χ4v) is 1.44. The van der Waals surface area contributed by atoms with Crippen LogP contribution in [-0.4, -0.2) is 15.9 Å². The lowest BCUT2D eigenvalue weighted by Crippen LogP contribution is -2.04. The Morgan fingerprint density at radius 2 is 2.25 bits per heavy atom. The Morgan fingerprint density at radius 3 is 2.75 bits per heavy atom. The number of nitrogens with zero attached hydrogens (tertiary/aromatic N) is 2. The molecule has 0 saturated carbocycles. The number of nitrogens with one attached hydrogen (secondary N) is 1. The molecule has 0 aliphatic carbocycles. The summed E-state index contributed by atoms with van der Waals surface area (Å²) < 4.78 is 4.08. The van der Waals surface area contributed by atoms with Crippen molar-refractivity contribution in [3.63, 3.8) is 0 Å². The first-order valence-corrected chi connectivity index (χ1v) is 5.00. The highest BCUT2D eigenvalue weighted by Gasteiger charge is 1.98. The van der Waals surface area contributed by atoms with E-state index >= 15 is 0 Å². The van der Waals surface area contributed by atoms with Gasteiger partial charge in [-0.15, -0.1) is 0 Å². The first-order chi connectivity index (χ1) is 5.68. The first kappa shape index (κ1) is 9.45. The molecule has 1 N–H and O–H groups in total. The Morgan fingerprint density at radius 1 is 1.50 bits per heavy atom. The van der Waals surface area contributed by atoms with E-state index in [1.807, 2.05) is 6.92 Å². The van der Waals surface area contributed by atoms with E-state index in [0.29, 0.717) is 0 Å². The van der Waals surface area contributed by atoms with Gasteiger partial charge >= 0.3 is 0 Å². The maximum atomic E-state index is 4.20. The lowest BCUT2D eigenvalue weighted by atomic mass is 10.1. The van der Waals surface area contributed by atoms with Gasteiger partial charge in [0, 0.05) is 18.1 Å². The minimum Gasteiger partial charge on any atom is -0.360 e. The summed E-state index contributed by atoms with van der Waals surface area (Å²) in [6.07, 6.45) is 1.18. The molecule has 68 valence electrons. The average Bonchev–Trinajstić information content (AvgIpc) is 2.35. The van der Waals surface area contributed by atoms with Crippen LogP contribution in [0.5, 0.6) is 0 Å². The first-order valence-electron chi connectivity index (χ1n) is 4.22.